The van der Waals surface area contributed by atoms with Gasteiger partial charge in [-0.05, 0) is 53.6 Å². The van der Waals surface area contributed by atoms with Crippen LogP contribution in [0, 0.1) is 0 Å². The summed E-state index contributed by atoms with van der Waals surface area (Å²) in [7, 11) is 0. The van der Waals surface area contributed by atoms with E-state index in [1.54, 1.807) is 18.6 Å². The molecule has 0 aliphatic heterocycles. The van der Waals surface area contributed by atoms with Crippen LogP contribution in [0.3, 0.4) is 0 Å². The lowest BCUT2D eigenvalue weighted by molar-refractivity contribution is 0.334. The first-order valence-corrected chi connectivity index (χ1v) is 8.51. The molecule has 2 aromatic heterocycles. The number of rotatable bonds is 5. The van der Waals surface area contributed by atoms with E-state index in [0.717, 1.165) is 17.9 Å². The zero-order valence-electron chi connectivity index (χ0n) is 12.5. The molecule has 0 radical (unpaired) electrons. The van der Waals surface area contributed by atoms with Crippen LogP contribution in [-0.2, 0) is 0 Å². The van der Waals surface area contributed by atoms with E-state index in [2.05, 4.69) is 41.5 Å². The summed E-state index contributed by atoms with van der Waals surface area (Å²) in [4.78, 5) is 12.7. The second-order valence-electron chi connectivity index (χ2n) is 5.06. The van der Waals surface area contributed by atoms with Gasteiger partial charge in [-0.3, -0.25) is 4.98 Å². The van der Waals surface area contributed by atoms with Crippen molar-refractivity contribution in [2.45, 2.75) is 25.3 Å². The van der Waals surface area contributed by atoms with Crippen LogP contribution >= 0.6 is 28.1 Å². The molecule has 120 valence electrons. The van der Waals surface area contributed by atoms with Crippen LogP contribution < -0.4 is 15.4 Å². The minimum Gasteiger partial charge on any atom is -0.492 e. The third kappa shape index (κ3) is 3.94. The number of halogens is 1. The fourth-order valence-corrected chi connectivity index (χ4v) is 2.90. The maximum Gasteiger partial charge on any atom is 0.172 e. The summed E-state index contributed by atoms with van der Waals surface area (Å²) in [5.41, 5.74) is 0.982. The fraction of sp³-hybridized carbons (Fsp3) is 0.333. The summed E-state index contributed by atoms with van der Waals surface area (Å²) in [6.07, 6.45) is 5.98. The molecule has 3 rings (SSSR count). The van der Waals surface area contributed by atoms with Gasteiger partial charge in [-0.2, -0.15) is 0 Å². The smallest absolute Gasteiger partial charge is 0.172 e. The zero-order chi connectivity index (χ0) is 16.2. The average molecular weight is 394 g/mol. The van der Waals surface area contributed by atoms with Crippen LogP contribution in [0.5, 0.6) is 5.75 Å². The number of anilines is 1. The highest BCUT2D eigenvalue weighted by molar-refractivity contribution is 9.10. The van der Waals surface area contributed by atoms with E-state index in [0.29, 0.717) is 28.1 Å². The van der Waals surface area contributed by atoms with Crippen molar-refractivity contribution in [2.75, 3.05) is 11.9 Å². The van der Waals surface area contributed by atoms with E-state index < -0.39 is 0 Å². The molecule has 1 aliphatic rings. The highest BCUT2D eigenvalue weighted by Gasteiger charge is 2.41. The molecule has 23 heavy (non-hydrogen) atoms. The molecule has 0 saturated heterocycles. The van der Waals surface area contributed by atoms with Crippen molar-refractivity contribution < 1.29 is 4.74 Å². The lowest BCUT2D eigenvalue weighted by Crippen LogP contribution is -2.31. The van der Waals surface area contributed by atoms with Crippen molar-refractivity contribution in [3.63, 3.8) is 0 Å². The molecule has 0 aromatic carbocycles. The lowest BCUT2D eigenvalue weighted by atomic mass is 10.2. The van der Waals surface area contributed by atoms with Crippen molar-refractivity contribution in [1.82, 2.24) is 20.3 Å². The zero-order valence-corrected chi connectivity index (χ0v) is 14.9. The Morgan fingerprint density at radius 1 is 1.35 bits per heavy atom. The molecule has 2 N–H and O–H groups in total. The summed E-state index contributed by atoms with van der Waals surface area (Å²) in [6.45, 7) is 2.60. The van der Waals surface area contributed by atoms with Gasteiger partial charge in [-0.25, -0.2) is 9.97 Å². The molecule has 0 spiro atoms. The predicted molar refractivity (Wildman–Crippen MR) is 95.6 cm³/mol. The Balaban J connectivity index is 1.59. The maximum absolute atomic E-state index is 5.64. The topological polar surface area (TPSA) is 72.0 Å². The van der Waals surface area contributed by atoms with Gasteiger partial charge in [-0.15, -0.1) is 0 Å². The SMILES string of the molecule is CCOc1cccnc1C1CC1NC(=S)Nc1nccnc1Br. The Bertz CT molecular complexity index is 714. The number of nitrogens with zero attached hydrogens (tertiary/aromatic N) is 3. The Morgan fingerprint density at radius 3 is 2.96 bits per heavy atom. The Kier molecular flexibility index (Phi) is 5.02. The van der Waals surface area contributed by atoms with Crippen LogP contribution in [0.1, 0.15) is 25.0 Å². The Labute approximate surface area is 148 Å². The van der Waals surface area contributed by atoms with Gasteiger partial charge in [0.25, 0.3) is 0 Å². The highest BCUT2D eigenvalue weighted by atomic mass is 79.9. The molecule has 0 bridgehead atoms. The van der Waals surface area contributed by atoms with Crippen LogP contribution in [0.4, 0.5) is 5.82 Å². The van der Waals surface area contributed by atoms with Gasteiger partial charge < -0.3 is 15.4 Å². The Hall–Kier alpha value is -1.80. The van der Waals surface area contributed by atoms with E-state index in [4.69, 9.17) is 17.0 Å². The van der Waals surface area contributed by atoms with Crippen molar-refractivity contribution in [1.29, 1.82) is 0 Å². The van der Waals surface area contributed by atoms with E-state index in [9.17, 15) is 0 Å². The van der Waals surface area contributed by atoms with Crippen molar-refractivity contribution in [3.05, 3.63) is 41.0 Å². The van der Waals surface area contributed by atoms with Gasteiger partial charge in [0.1, 0.15) is 10.4 Å². The summed E-state index contributed by atoms with van der Waals surface area (Å²) in [5.74, 6) is 1.75. The van der Waals surface area contributed by atoms with E-state index in [-0.39, 0.29) is 6.04 Å². The predicted octanol–water partition coefficient (Wildman–Crippen LogP) is 2.88. The minimum atomic E-state index is 0.250. The third-order valence-electron chi connectivity index (χ3n) is 3.44. The molecule has 6 nitrogen and oxygen atoms in total. The standard InChI is InChI=1S/C15H16BrN5OS/c1-2-22-11-4-3-5-17-12(11)9-8-10(9)20-15(23)21-14-13(16)18-6-7-19-14/h3-7,9-10H,2,8H2,1H3,(H2,19,20,21,23). The summed E-state index contributed by atoms with van der Waals surface area (Å²) < 4.78 is 6.26. The minimum absolute atomic E-state index is 0.250. The molecule has 8 heteroatoms. The third-order valence-corrected chi connectivity index (χ3v) is 4.24. The molecule has 1 fully saturated rings. The van der Waals surface area contributed by atoms with Crippen molar-refractivity contribution in [3.8, 4) is 5.75 Å². The van der Waals surface area contributed by atoms with Crippen LogP contribution in [0.2, 0.25) is 0 Å². The Morgan fingerprint density at radius 2 is 2.17 bits per heavy atom. The quantitative estimate of drug-likeness (QED) is 0.756. The second kappa shape index (κ2) is 7.18. The van der Waals surface area contributed by atoms with Gasteiger partial charge in [0, 0.05) is 30.6 Å². The summed E-state index contributed by atoms with van der Waals surface area (Å²) >= 11 is 8.67. The molecule has 0 amide bonds. The van der Waals surface area contributed by atoms with Gasteiger partial charge in [0.2, 0.25) is 0 Å². The molecule has 1 aliphatic carbocycles. The maximum atomic E-state index is 5.64. The first-order valence-electron chi connectivity index (χ1n) is 7.30. The monoisotopic (exact) mass is 393 g/mol. The van der Waals surface area contributed by atoms with E-state index >= 15 is 0 Å². The second-order valence-corrected chi connectivity index (χ2v) is 6.22. The fourth-order valence-electron chi connectivity index (χ4n) is 2.33. The van der Waals surface area contributed by atoms with Crippen LogP contribution in [0.25, 0.3) is 0 Å². The molecular formula is C15H16BrN5OS. The van der Waals surface area contributed by atoms with Crippen LogP contribution in [-0.4, -0.2) is 32.7 Å². The first kappa shape index (κ1) is 16.1. The number of pyridine rings is 1. The first-order chi connectivity index (χ1) is 11.2. The van der Waals surface area contributed by atoms with Gasteiger partial charge in [-0.1, -0.05) is 0 Å². The average Bonchev–Trinajstić information content (AvgIpc) is 3.29. The van der Waals surface area contributed by atoms with Crippen molar-refractivity contribution >= 4 is 39.1 Å². The number of hydrogen-bond donors (Lipinski definition) is 2. The molecule has 1 saturated carbocycles. The molecule has 2 atom stereocenters. The van der Waals surface area contributed by atoms with E-state index in [1.165, 1.54) is 0 Å². The largest absolute Gasteiger partial charge is 0.492 e. The summed E-state index contributed by atoms with van der Waals surface area (Å²) in [6, 6.07) is 4.09. The number of ether oxygens (including phenoxy) is 1. The number of aromatic nitrogens is 3. The molecule has 2 unspecified atom stereocenters. The number of hydrogen-bond acceptors (Lipinski definition) is 5. The molecule has 2 aromatic rings. The highest BCUT2D eigenvalue weighted by Crippen LogP contribution is 2.43. The van der Waals surface area contributed by atoms with Crippen LogP contribution in [0.15, 0.2) is 35.3 Å². The van der Waals surface area contributed by atoms with Gasteiger partial charge in [0.15, 0.2) is 10.9 Å². The molecule has 2 heterocycles. The van der Waals surface area contributed by atoms with E-state index in [1.807, 2.05) is 19.1 Å². The normalized spacial score (nSPS) is 19.0. The molecular weight excluding hydrogens is 378 g/mol. The number of thiocarbonyl (C=S) groups is 1. The van der Waals surface area contributed by atoms with Gasteiger partial charge in [0.05, 0.1) is 12.3 Å². The van der Waals surface area contributed by atoms with Crippen molar-refractivity contribution in [2.24, 2.45) is 0 Å². The van der Waals surface area contributed by atoms with Gasteiger partial charge >= 0.3 is 0 Å². The summed E-state index contributed by atoms with van der Waals surface area (Å²) in [5, 5.41) is 6.85. The lowest BCUT2D eigenvalue weighted by Gasteiger charge is -2.11. The number of nitrogens with one attached hydrogen (secondary N) is 2.